The molecule has 6 N–H and O–H groups in total. The van der Waals surface area contributed by atoms with Crippen molar-refractivity contribution in [3.8, 4) is 45.3 Å². The van der Waals surface area contributed by atoms with Crippen LogP contribution in [-0.2, 0) is 12.8 Å². The molecular weight excluding hydrogens is 1210 g/mol. The Labute approximate surface area is 517 Å². The number of fused-ring (bicyclic) bond motifs is 6. The Bertz CT molecular complexity index is 5290. The number of aryl methyl sites for hydroxylation is 1. The minimum Gasteiger partial charge on any atom is -0.504 e. The zero-order valence-electron chi connectivity index (χ0n) is 46.6. The molecule has 9 heterocycles. The molecule has 0 bridgehead atoms. The average Bonchev–Trinajstić information content (AvgIpc) is 1.74. The second-order valence-electron chi connectivity index (χ2n) is 20.5. The highest BCUT2D eigenvalue weighted by molar-refractivity contribution is 7.15. The van der Waals surface area contributed by atoms with Gasteiger partial charge in [-0.1, -0.05) is 84.9 Å². The van der Waals surface area contributed by atoms with Crippen LogP contribution in [0.3, 0.4) is 0 Å². The molecule has 0 saturated heterocycles. The molecule has 9 aromatic heterocycles. The highest BCUT2D eigenvalue weighted by Gasteiger charge is 2.28. The highest BCUT2D eigenvalue weighted by Crippen LogP contribution is 2.42. The number of carboxylic acid groups (broad SMARTS) is 3. The van der Waals surface area contributed by atoms with Gasteiger partial charge in [0, 0.05) is 82.4 Å². The van der Waals surface area contributed by atoms with Crippen molar-refractivity contribution in [3.05, 3.63) is 229 Å². The number of aromatic carboxylic acids is 3. The number of phenols is 2. The van der Waals surface area contributed by atoms with Gasteiger partial charge >= 0.3 is 17.9 Å². The van der Waals surface area contributed by atoms with Crippen molar-refractivity contribution in [2.75, 3.05) is 5.32 Å². The predicted octanol–water partition coefficient (Wildman–Crippen LogP) is 17.6. The molecule has 0 aliphatic rings. The van der Waals surface area contributed by atoms with Crippen LogP contribution in [0.25, 0.3) is 99.6 Å². The third-order valence-electron chi connectivity index (χ3n) is 14.7. The van der Waals surface area contributed by atoms with E-state index in [2.05, 4.69) is 5.32 Å². The first-order valence-corrected chi connectivity index (χ1v) is 29.9. The minimum atomic E-state index is -1.21. The standard InChI is InChI=1S/C24H16O6S.C23H14O5S.C22H13NO6S/c1-12-4-2-5-13-9-19(30-22(12)13)17(26)10-20-21(24(27)28)15(11-31-20)18-8-14-6-3-7-16(25)23(14)29-18;24-17(20-10-14-3-1-2-4-19(14)28-20)11-21-22(23(25)26)16(12-29-21)13-5-6-18-15(9-13)7-8-27-18;24-14-6-3-5-12-9-16(29-19(12)14)13-10-30-21(18(13)22(26)27)23-20(25)17-8-11-4-1-2-7-15(11)28-17/h2-9,11,25H,10H2,1H3,(H,27,28);1-10,12H,11H2,(H,25,26);1-10,24H,(H,23,25)(H,26,27). The predicted molar refractivity (Wildman–Crippen MR) is 340 cm³/mol. The number of nitrogens with one attached hydrogen (secondary N) is 1. The Kier molecular flexibility index (Phi) is 15.1. The molecule has 15 rings (SSSR count). The highest BCUT2D eigenvalue weighted by atomic mass is 32.1. The van der Waals surface area contributed by atoms with Crippen LogP contribution in [0.4, 0.5) is 5.00 Å². The van der Waals surface area contributed by atoms with Gasteiger partial charge in [-0.25, -0.2) is 14.4 Å². The number of hydrogen-bond acceptors (Lipinski definition) is 17. The van der Waals surface area contributed by atoms with Crippen LogP contribution in [0.15, 0.2) is 207 Å². The Hall–Kier alpha value is -11.5. The van der Waals surface area contributed by atoms with Gasteiger partial charge < -0.3 is 57.4 Å². The second-order valence-corrected chi connectivity index (χ2v) is 23.3. The summed E-state index contributed by atoms with van der Waals surface area (Å²) in [6.45, 7) is 1.90. The van der Waals surface area contributed by atoms with Gasteiger partial charge in [0.05, 0.1) is 17.4 Å². The molecule has 0 fully saturated rings. The summed E-state index contributed by atoms with van der Waals surface area (Å²) in [5.41, 5.74) is 6.19. The molecule has 444 valence electrons. The molecule has 0 saturated carbocycles. The number of rotatable bonds is 14. The van der Waals surface area contributed by atoms with Crippen LogP contribution in [-0.4, -0.2) is 60.9 Å². The summed E-state index contributed by atoms with van der Waals surface area (Å²) in [6.07, 6.45) is 1.47. The largest absolute Gasteiger partial charge is 0.504 e. The lowest BCUT2D eigenvalue weighted by atomic mass is 10.00. The van der Waals surface area contributed by atoms with Crippen LogP contribution >= 0.6 is 34.0 Å². The zero-order valence-corrected chi connectivity index (χ0v) is 49.0. The van der Waals surface area contributed by atoms with E-state index >= 15 is 0 Å². The van der Waals surface area contributed by atoms with E-state index in [0.29, 0.717) is 59.7 Å². The molecule has 0 aliphatic heterocycles. The lowest BCUT2D eigenvalue weighted by Crippen LogP contribution is -2.12. The summed E-state index contributed by atoms with van der Waals surface area (Å²) in [5.74, 6) is -3.46. The van der Waals surface area contributed by atoms with Crippen molar-refractivity contribution >= 4 is 140 Å². The van der Waals surface area contributed by atoms with E-state index in [1.54, 1.807) is 95.2 Å². The fourth-order valence-electron chi connectivity index (χ4n) is 10.4. The Morgan fingerprint density at radius 3 is 1.49 bits per heavy atom. The molecule has 90 heavy (non-hydrogen) atoms. The maximum Gasteiger partial charge on any atom is 0.339 e. The maximum absolute atomic E-state index is 12.9. The number of Topliss-reactive ketones (excluding diaryl/α,β-unsaturated/α-hetero) is 2. The van der Waals surface area contributed by atoms with Crippen LogP contribution < -0.4 is 5.32 Å². The normalized spacial score (nSPS) is 11.3. The van der Waals surface area contributed by atoms with Gasteiger partial charge in [0.2, 0.25) is 11.6 Å². The molecule has 0 spiro atoms. The number of carboxylic acids is 3. The number of para-hydroxylation sites is 5. The first-order chi connectivity index (χ1) is 43.5. The topological polar surface area (TPSA) is 294 Å². The van der Waals surface area contributed by atoms with E-state index in [1.165, 1.54) is 34.8 Å². The van der Waals surface area contributed by atoms with Crippen LogP contribution in [0, 0.1) is 6.92 Å². The number of carbonyl (C=O) groups is 6. The first kappa shape index (κ1) is 57.5. The van der Waals surface area contributed by atoms with Crippen molar-refractivity contribution in [3.63, 3.8) is 0 Å². The fraction of sp³-hybridized carbons (Fsp3) is 0.0435. The van der Waals surface area contributed by atoms with Gasteiger partial charge in [0.15, 0.2) is 39.9 Å². The molecular formula is C69H43NO17S3. The smallest absolute Gasteiger partial charge is 0.339 e. The molecule has 15 aromatic rings. The van der Waals surface area contributed by atoms with Gasteiger partial charge in [-0.05, 0) is 96.2 Å². The summed E-state index contributed by atoms with van der Waals surface area (Å²) in [6, 6.07) is 45.7. The van der Waals surface area contributed by atoms with Gasteiger partial charge in [0.25, 0.3) is 5.91 Å². The minimum absolute atomic E-state index is 0.0178. The molecule has 6 aromatic carbocycles. The molecule has 18 nitrogen and oxygen atoms in total. The number of anilines is 1. The van der Waals surface area contributed by atoms with Gasteiger partial charge in [-0.3, -0.25) is 14.4 Å². The zero-order chi connectivity index (χ0) is 62.5. The number of phenolic OH excluding ortho intramolecular Hbond substituents is 2. The van der Waals surface area contributed by atoms with Crippen LogP contribution in [0.1, 0.15) is 78.1 Å². The summed E-state index contributed by atoms with van der Waals surface area (Å²) in [7, 11) is 0. The van der Waals surface area contributed by atoms with Crippen molar-refractivity contribution < 1.29 is 80.8 Å². The average molecular weight is 1250 g/mol. The number of benzene rings is 6. The number of carbonyl (C=O) groups excluding carboxylic acids is 3. The second kappa shape index (κ2) is 23.6. The van der Waals surface area contributed by atoms with Crippen LogP contribution in [0.2, 0.25) is 0 Å². The van der Waals surface area contributed by atoms with Crippen molar-refractivity contribution in [1.29, 1.82) is 0 Å². The Morgan fingerprint density at radius 2 is 0.911 bits per heavy atom. The lowest BCUT2D eigenvalue weighted by Gasteiger charge is -2.04. The molecule has 21 heteroatoms. The summed E-state index contributed by atoms with van der Waals surface area (Å²) >= 11 is 3.52. The molecule has 0 unspecified atom stereocenters. The van der Waals surface area contributed by atoms with Crippen molar-refractivity contribution in [1.82, 2.24) is 0 Å². The van der Waals surface area contributed by atoms with Gasteiger partial charge in [-0.2, -0.15) is 0 Å². The summed E-state index contributed by atoms with van der Waals surface area (Å²) in [5, 5.41) is 61.8. The third-order valence-corrected chi connectivity index (χ3v) is 17.6. The fourth-order valence-corrected chi connectivity index (χ4v) is 13.5. The summed E-state index contributed by atoms with van der Waals surface area (Å²) < 4.78 is 33.7. The first-order valence-electron chi connectivity index (χ1n) is 27.3. The number of aromatic hydroxyl groups is 2. The van der Waals surface area contributed by atoms with E-state index in [0.717, 1.165) is 49.6 Å². The number of amides is 1. The van der Waals surface area contributed by atoms with E-state index in [4.69, 9.17) is 26.5 Å². The maximum atomic E-state index is 12.9. The number of hydrogen-bond donors (Lipinski definition) is 6. The molecule has 1 amide bonds. The SMILES string of the molecule is Cc1cccc2cc(C(=O)Cc3scc(-c4cc5cccc(O)c5o4)c3C(=O)O)oc12.O=C(Cc1scc(-c2ccc3occc3c2)c1C(=O)O)c1cc2ccccc2o1.O=C(Nc1scc(-c2cc3cccc(O)c3o2)c1C(=O)O)c1cc2ccccc2o1. The molecule has 0 atom stereocenters. The molecule has 0 radical (unpaired) electrons. The quantitative estimate of drug-likeness (QED) is 0.0551. The summed E-state index contributed by atoms with van der Waals surface area (Å²) in [4.78, 5) is 75.2. The van der Waals surface area contributed by atoms with E-state index in [-0.39, 0.29) is 91.8 Å². The van der Waals surface area contributed by atoms with Crippen LogP contribution in [0.5, 0.6) is 11.5 Å². The Morgan fingerprint density at radius 1 is 0.433 bits per heavy atom. The van der Waals surface area contributed by atoms with Crippen molar-refractivity contribution in [2.45, 2.75) is 19.8 Å². The van der Waals surface area contributed by atoms with Gasteiger partial charge in [0.1, 0.15) is 44.4 Å². The van der Waals surface area contributed by atoms with E-state index in [1.807, 2.05) is 79.7 Å². The van der Waals surface area contributed by atoms with Gasteiger partial charge in [-0.15, -0.1) is 34.0 Å². The lowest BCUT2D eigenvalue weighted by molar-refractivity contribution is 0.0686. The number of furan rings is 6. The number of thiophene rings is 3. The molecule has 0 aliphatic carbocycles. The number of ketones is 2. The third kappa shape index (κ3) is 11.1. The van der Waals surface area contributed by atoms with Crippen molar-refractivity contribution in [2.24, 2.45) is 0 Å². The Balaban J connectivity index is 0.000000124. The monoisotopic (exact) mass is 1250 g/mol. The van der Waals surface area contributed by atoms with E-state index < -0.39 is 23.8 Å². The van der Waals surface area contributed by atoms with E-state index in [9.17, 15) is 54.3 Å².